The molecule has 0 aromatic rings. The highest BCUT2D eigenvalue weighted by molar-refractivity contribution is 6.06. The number of allylic oxidation sites excluding steroid dienone is 7. The summed E-state index contributed by atoms with van der Waals surface area (Å²) in [5.74, 6) is 0.336. The largest absolute Gasteiger partial charge is 0.388 e. The molecule has 0 unspecified atom stereocenters. The summed E-state index contributed by atoms with van der Waals surface area (Å²) in [7, 11) is 0. The molecule has 0 saturated heterocycles. The summed E-state index contributed by atoms with van der Waals surface area (Å²) >= 11 is 0. The molecule has 0 aliphatic heterocycles. The van der Waals surface area contributed by atoms with Crippen LogP contribution in [0.25, 0.3) is 0 Å². The summed E-state index contributed by atoms with van der Waals surface area (Å²) in [6.07, 6.45) is 12.4. The molecule has 2 heteroatoms. The van der Waals surface area contributed by atoms with Crippen molar-refractivity contribution in [1.82, 2.24) is 0 Å². The molecule has 2 nitrogen and oxygen atoms in total. The molecule has 1 N–H and O–H groups in total. The van der Waals surface area contributed by atoms with Gasteiger partial charge in [-0.05, 0) is 62.2 Å². The Kier molecular flexibility index (Phi) is 5.24. The second-order valence-corrected chi connectivity index (χ2v) is 9.56. The maximum atomic E-state index is 12.7. The van der Waals surface area contributed by atoms with Crippen molar-refractivity contribution in [3.8, 4) is 0 Å². The van der Waals surface area contributed by atoms with Gasteiger partial charge >= 0.3 is 0 Å². The number of carbonyl (C=O) groups excluding carboxylic acids is 1. The molecule has 3 aliphatic rings. The first kappa shape index (κ1) is 20.1. The van der Waals surface area contributed by atoms with Crippen LogP contribution in [0.15, 0.2) is 58.7 Å². The molecule has 0 radical (unpaired) electrons. The fourth-order valence-electron chi connectivity index (χ4n) is 5.47. The van der Waals surface area contributed by atoms with Gasteiger partial charge in [0.2, 0.25) is 0 Å². The highest BCUT2D eigenvalue weighted by Crippen LogP contribution is 2.57. The molecule has 3 rings (SSSR count). The molecular formula is C25H34O2. The molecule has 0 spiro atoms. The number of hydrogen-bond donors (Lipinski definition) is 1. The zero-order chi connectivity index (χ0) is 20.0. The van der Waals surface area contributed by atoms with Crippen LogP contribution in [0.2, 0.25) is 0 Å². The van der Waals surface area contributed by atoms with Crippen molar-refractivity contribution in [3.05, 3.63) is 58.7 Å². The molecule has 0 aromatic heterocycles. The first-order valence-corrected chi connectivity index (χ1v) is 10.2. The lowest BCUT2D eigenvalue weighted by Crippen LogP contribution is -2.42. The SMILES string of the molecule is C=C(C[C@@H](O)C1=C(C)C(=O)C=C2C(C)(C)CCC[C@@]21C)[C@@H]1C=CC(C)=CC1. The first-order valence-electron chi connectivity index (χ1n) is 10.2. The second kappa shape index (κ2) is 7.05. The average molecular weight is 367 g/mol. The third-order valence-corrected chi connectivity index (χ3v) is 7.04. The number of aliphatic hydroxyl groups excluding tert-OH is 1. The number of fused-ring (bicyclic) bond motifs is 1. The lowest BCUT2D eigenvalue weighted by molar-refractivity contribution is -0.112. The number of rotatable bonds is 4. The average Bonchev–Trinajstić information content (AvgIpc) is 2.57. The molecule has 0 aromatic carbocycles. The number of aliphatic hydroxyl groups is 1. The zero-order valence-corrected chi connectivity index (χ0v) is 17.6. The van der Waals surface area contributed by atoms with Crippen LogP contribution in [0.3, 0.4) is 0 Å². The summed E-state index contributed by atoms with van der Waals surface area (Å²) in [6.45, 7) is 15.0. The molecule has 1 saturated carbocycles. The van der Waals surface area contributed by atoms with E-state index in [1.165, 1.54) is 11.1 Å². The molecule has 3 aliphatic carbocycles. The van der Waals surface area contributed by atoms with Gasteiger partial charge in [-0.2, -0.15) is 0 Å². The van der Waals surface area contributed by atoms with Crippen molar-refractivity contribution >= 4 is 5.78 Å². The Labute approximate surface area is 164 Å². The molecule has 0 amide bonds. The Morgan fingerprint density at radius 1 is 1.30 bits per heavy atom. The van der Waals surface area contributed by atoms with Crippen LogP contribution >= 0.6 is 0 Å². The van der Waals surface area contributed by atoms with Crippen LogP contribution in [0.1, 0.15) is 66.7 Å². The Morgan fingerprint density at radius 3 is 2.63 bits per heavy atom. The van der Waals surface area contributed by atoms with Crippen LogP contribution in [0.5, 0.6) is 0 Å². The van der Waals surface area contributed by atoms with Crippen molar-refractivity contribution in [1.29, 1.82) is 0 Å². The third kappa shape index (κ3) is 3.57. The minimum atomic E-state index is -0.649. The minimum absolute atomic E-state index is 0.000230. The van der Waals surface area contributed by atoms with E-state index < -0.39 is 6.10 Å². The van der Waals surface area contributed by atoms with Gasteiger partial charge in [0.05, 0.1) is 6.10 Å². The van der Waals surface area contributed by atoms with Gasteiger partial charge in [0.1, 0.15) is 0 Å². The summed E-state index contributed by atoms with van der Waals surface area (Å²) in [5, 5.41) is 11.3. The lowest BCUT2D eigenvalue weighted by atomic mass is 9.54. The van der Waals surface area contributed by atoms with Gasteiger partial charge in [0.25, 0.3) is 0 Å². The van der Waals surface area contributed by atoms with Gasteiger partial charge < -0.3 is 5.11 Å². The smallest absolute Gasteiger partial charge is 0.181 e. The van der Waals surface area contributed by atoms with E-state index in [0.29, 0.717) is 6.42 Å². The summed E-state index contributed by atoms with van der Waals surface area (Å²) in [6, 6.07) is 0. The highest BCUT2D eigenvalue weighted by atomic mass is 16.3. The van der Waals surface area contributed by atoms with E-state index >= 15 is 0 Å². The van der Waals surface area contributed by atoms with Crippen molar-refractivity contribution in [3.63, 3.8) is 0 Å². The van der Waals surface area contributed by atoms with Crippen molar-refractivity contribution in [2.75, 3.05) is 0 Å². The monoisotopic (exact) mass is 366 g/mol. The van der Waals surface area contributed by atoms with Gasteiger partial charge in [-0.3, -0.25) is 4.79 Å². The van der Waals surface area contributed by atoms with Gasteiger partial charge in [0, 0.05) is 11.3 Å². The maximum absolute atomic E-state index is 12.7. The van der Waals surface area contributed by atoms with Crippen molar-refractivity contribution in [2.24, 2.45) is 16.7 Å². The van der Waals surface area contributed by atoms with Crippen molar-refractivity contribution < 1.29 is 9.90 Å². The van der Waals surface area contributed by atoms with Gasteiger partial charge in [-0.15, -0.1) is 0 Å². The Bertz CT molecular complexity index is 787. The normalized spacial score (nSPS) is 31.2. The predicted molar refractivity (Wildman–Crippen MR) is 112 cm³/mol. The molecular weight excluding hydrogens is 332 g/mol. The van der Waals surface area contributed by atoms with Gasteiger partial charge in [-0.25, -0.2) is 0 Å². The highest BCUT2D eigenvalue weighted by Gasteiger charge is 2.48. The quantitative estimate of drug-likeness (QED) is 0.633. The maximum Gasteiger partial charge on any atom is 0.181 e. The summed E-state index contributed by atoms with van der Waals surface area (Å²) in [4.78, 5) is 12.7. The van der Waals surface area contributed by atoms with Crippen LogP contribution < -0.4 is 0 Å². The fourth-order valence-corrected chi connectivity index (χ4v) is 5.47. The molecule has 146 valence electrons. The van der Waals surface area contributed by atoms with E-state index in [1.54, 1.807) is 0 Å². The number of carbonyl (C=O) groups is 1. The summed E-state index contributed by atoms with van der Waals surface area (Å²) in [5.41, 5.74) is 4.97. The number of hydrogen-bond acceptors (Lipinski definition) is 2. The summed E-state index contributed by atoms with van der Waals surface area (Å²) < 4.78 is 0. The van der Waals surface area contributed by atoms with E-state index in [1.807, 2.05) is 13.0 Å². The van der Waals surface area contributed by atoms with Crippen LogP contribution in [0.4, 0.5) is 0 Å². The molecule has 0 heterocycles. The third-order valence-electron chi connectivity index (χ3n) is 7.04. The standard InChI is InChI=1S/C25H34O2/c1-16-8-10-19(11-9-16)17(2)14-21(27)23-18(3)20(26)15-22-24(4,5)12-7-13-25(22,23)6/h8-10,15,19,21,27H,2,7,11-14H2,1,3-6H3/t19-,21-,25+/m1/s1. The second-order valence-electron chi connectivity index (χ2n) is 9.56. The Morgan fingerprint density at radius 2 is 2.00 bits per heavy atom. The zero-order valence-electron chi connectivity index (χ0n) is 17.6. The van der Waals surface area contributed by atoms with E-state index in [0.717, 1.165) is 42.4 Å². The van der Waals surface area contributed by atoms with E-state index in [2.05, 4.69) is 52.5 Å². The lowest BCUT2D eigenvalue weighted by Gasteiger charge is -2.50. The number of ketones is 1. The topological polar surface area (TPSA) is 37.3 Å². The Hall–Kier alpha value is -1.67. The van der Waals surface area contributed by atoms with Crippen molar-refractivity contribution in [2.45, 2.75) is 72.8 Å². The van der Waals surface area contributed by atoms with Crippen LogP contribution in [0, 0.1) is 16.7 Å². The van der Waals surface area contributed by atoms with Gasteiger partial charge in [-0.1, -0.05) is 68.7 Å². The molecule has 27 heavy (non-hydrogen) atoms. The molecule has 0 bridgehead atoms. The molecule has 1 fully saturated rings. The van der Waals surface area contributed by atoms with E-state index in [9.17, 15) is 9.90 Å². The first-order chi connectivity index (χ1) is 12.6. The predicted octanol–water partition coefficient (Wildman–Crippen LogP) is 5.86. The van der Waals surface area contributed by atoms with Crippen LogP contribution in [-0.4, -0.2) is 17.0 Å². The fraction of sp³-hybridized carbons (Fsp3) is 0.560. The van der Waals surface area contributed by atoms with E-state index in [-0.39, 0.29) is 22.5 Å². The van der Waals surface area contributed by atoms with Crippen LogP contribution in [-0.2, 0) is 4.79 Å². The minimum Gasteiger partial charge on any atom is -0.388 e. The van der Waals surface area contributed by atoms with E-state index in [4.69, 9.17) is 0 Å². The molecule has 3 atom stereocenters. The van der Waals surface area contributed by atoms with Gasteiger partial charge in [0.15, 0.2) is 5.78 Å². The Balaban J connectivity index is 1.87.